The summed E-state index contributed by atoms with van der Waals surface area (Å²) in [5.74, 6) is 0.544. The highest BCUT2D eigenvalue weighted by Gasteiger charge is 2.46. The molecule has 1 saturated carbocycles. The monoisotopic (exact) mass is 596 g/mol. The van der Waals surface area contributed by atoms with Crippen molar-refractivity contribution in [1.82, 2.24) is 24.6 Å². The van der Waals surface area contributed by atoms with Gasteiger partial charge >= 0.3 is 6.09 Å². The number of hydrogen-bond acceptors (Lipinski definition) is 8. The van der Waals surface area contributed by atoms with Crippen molar-refractivity contribution in [3.8, 4) is 0 Å². The lowest BCUT2D eigenvalue weighted by Gasteiger charge is -2.44. The molecule has 3 aliphatic rings. The molecule has 10 nitrogen and oxygen atoms in total. The Kier molecular flexibility index (Phi) is 7.70. The van der Waals surface area contributed by atoms with Crippen LogP contribution in [0.1, 0.15) is 76.6 Å². The summed E-state index contributed by atoms with van der Waals surface area (Å²) >= 11 is 6.85. The van der Waals surface area contributed by atoms with Crippen molar-refractivity contribution in [1.29, 1.82) is 0 Å². The molecule has 0 unspecified atom stereocenters. The molecule has 1 amide bonds. The predicted octanol–water partition coefficient (Wildman–Crippen LogP) is 6.18. The first-order valence-electron chi connectivity index (χ1n) is 14.9. The maximum atomic E-state index is 13.6. The Morgan fingerprint density at radius 1 is 1.17 bits per heavy atom. The first kappa shape index (κ1) is 29.3. The molecule has 0 spiro atoms. The number of likely N-dealkylation sites (tertiary alicyclic amines) is 1. The zero-order valence-electron chi connectivity index (χ0n) is 25.4. The first-order chi connectivity index (χ1) is 20.0. The Morgan fingerprint density at radius 3 is 2.57 bits per heavy atom. The molecule has 0 N–H and O–H groups in total. The van der Waals surface area contributed by atoms with Crippen LogP contribution < -0.4 is 4.90 Å². The third kappa shape index (κ3) is 5.50. The number of aromatic nitrogens is 4. The quantitative estimate of drug-likeness (QED) is 0.333. The van der Waals surface area contributed by atoms with E-state index in [1.54, 1.807) is 19.5 Å². The molecule has 3 fully saturated rings. The van der Waals surface area contributed by atoms with E-state index < -0.39 is 11.7 Å². The standard InChI is InChI=1S/C31H41ClN6O4/c1-19-26(16-34-38(19)22-7-8-22)37(29(39)42-30(2,3)4)28-33-15-21-13-24(32)23(14-25(21)35-28)20-9-11-36(12-10-20)31(5)18-41-17-27(31)40-6/h13-16,20,22,27H,7-12,17-18H2,1-6H3/t27-,31+/m1/s1. The fourth-order valence-electron chi connectivity index (χ4n) is 6.36. The van der Waals surface area contributed by atoms with E-state index in [0.717, 1.165) is 60.9 Å². The van der Waals surface area contributed by atoms with E-state index in [2.05, 4.69) is 28.0 Å². The summed E-state index contributed by atoms with van der Waals surface area (Å²) in [4.78, 5) is 27.0. The van der Waals surface area contributed by atoms with Gasteiger partial charge in [-0.25, -0.2) is 19.7 Å². The smallest absolute Gasteiger partial charge is 0.422 e. The normalized spacial score (nSPS) is 23.9. The van der Waals surface area contributed by atoms with Crippen LogP contribution >= 0.6 is 11.6 Å². The summed E-state index contributed by atoms with van der Waals surface area (Å²) in [6.45, 7) is 12.9. The van der Waals surface area contributed by atoms with E-state index in [9.17, 15) is 4.79 Å². The number of anilines is 2. The highest BCUT2D eigenvalue weighted by Crippen LogP contribution is 2.40. The molecule has 42 heavy (non-hydrogen) atoms. The molecule has 4 heterocycles. The summed E-state index contributed by atoms with van der Waals surface area (Å²) in [5.41, 5.74) is 2.51. The van der Waals surface area contributed by atoms with Crippen LogP contribution in [-0.4, -0.2) is 81.4 Å². The zero-order valence-corrected chi connectivity index (χ0v) is 26.1. The average Bonchev–Trinajstić information content (AvgIpc) is 3.61. The predicted molar refractivity (Wildman–Crippen MR) is 162 cm³/mol. The lowest BCUT2D eigenvalue weighted by molar-refractivity contribution is -0.0242. The van der Waals surface area contributed by atoms with Gasteiger partial charge in [0.25, 0.3) is 0 Å². The second-order valence-corrected chi connectivity index (χ2v) is 13.5. The average molecular weight is 597 g/mol. The minimum Gasteiger partial charge on any atom is -0.443 e. The Balaban J connectivity index is 1.30. The van der Waals surface area contributed by atoms with Crippen LogP contribution in [0, 0.1) is 6.92 Å². The van der Waals surface area contributed by atoms with Crippen molar-refractivity contribution in [3.05, 3.63) is 40.8 Å². The summed E-state index contributed by atoms with van der Waals surface area (Å²) in [5, 5.41) is 6.11. The van der Waals surface area contributed by atoms with E-state index in [0.29, 0.717) is 35.9 Å². The van der Waals surface area contributed by atoms with Crippen LogP contribution in [0.15, 0.2) is 24.5 Å². The van der Waals surface area contributed by atoms with Crippen molar-refractivity contribution < 1.29 is 19.0 Å². The maximum absolute atomic E-state index is 13.6. The van der Waals surface area contributed by atoms with Crippen LogP contribution in [0.3, 0.4) is 0 Å². The number of benzene rings is 1. The van der Waals surface area contributed by atoms with Crippen molar-refractivity contribution in [2.24, 2.45) is 0 Å². The van der Waals surface area contributed by atoms with Gasteiger partial charge in [0, 0.05) is 23.7 Å². The van der Waals surface area contributed by atoms with Gasteiger partial charge < -0.3 is 14.2 Å². The van der Waals surface area contributed by atoms with Crippen LogP contribution in [0.5, 0.6) is 0 Å². The fourth-order valence-corrected chi connectivity index (χ4v) is 6.68. The summed E-state index contributed by atoms with van der Waals surface area (Å²) in [7, 11) is 1.76. The van der Waals surface area contributed by atoms with Crippen molar-refractivity contribution in [2.75, 3.05) is 38.3 Å². The Morgan fingerprint density at radius 2 is 1.90 bits per heavy atom. The third-order valence-electron chi connectivity index (χ3n) is 8.91. The number of halogens is 1. The molecule has 2 saturated heterocycles. The molecule has 3 aromatic rings. The Bertz CT molecular complexity index is 1480. The minimum absolute atomic E-state index is 0.0707. The van der Waals surface area contributed by atoms with Gasteiger partial charge in [0.2, 0.25) is 5.95 Å². The van der Waals surface area contributed by atoms with Gasteiger partial charge in [-0.2, -0.15) is 5.10 Å². The number of methoxy groups -OCH3 is 1. The Labute approximate surface area is 252 Å². The summed E-state index contributed by atoms with van der Waals surface area (Å²) < 4.78 is 19.3. The van der Waals surface area contributed by atoms with Crippen molar-refractivity contribution in [2.45, 2.75) is 89.5 Å². The lowest BCUT2D eigenvalue weighted by atomic mass is 9.85. The van der Waals surface area contributed by atoms with Crippen molar-refractivity contribution in [3.63, 3.8) is 0 Å². The van der Waals surface area contributed by atoms with Gasteiger partial charge in [0.1, 0.15) is 11.7 Å². The number of nitrogens with zero attached hydrogens (tertiary/aromatic N) is 6. The molecule has 1 aliphatic carbocycles. The van der Waals surface area contributed by atoms with Crippen LogP contribution in [0.25, 0.3) is 10.9 Å². The number of carbonyl (C=O) groups is 1. The zero-order chi connectivity index (χ0) is 29.8. The third-order valence-corrected chi connectivity index (χ3v) is 9.24. The number of fused-ring (bicyclic) bond motifs is 1. The van der Waals surface area contributed by atoms with E-state index in [1.807, 2.05) is 38.4 Å². The van der Waals surface area contributed by atoms with E-state index in [4.69, 9.17) is 30.8 Å². The van der Waals surface area contributed by atoms with Gasteiger partial charge in [-0.05, 0) is 97.0 Å². The van der Waals surface area contributed by atoms with Crippen LogP contribution in [-0.2, 0) is 14.2 Å². The topological polar surface area (TPSA) is 94.8 Å². The first-order valence-corrected chi connectivity index (χ1v) is 15.3. The van der Waals surface area contributed by atoms with Gasteiger partial charge in [-0.1, -0.05) is 11.6 Å². The van der Waals surface area contributed by atoms with Crippen molar-refractivity contribution >= 4 is 40.2 Å². The lowest BCUT2D eigenvalue weighted by Crippen LogP contribution is -2.57. The second kappa shape index (κ2) is 11.0. The highest BCUT2D eigenvalue weighted by atomic mass is 35.5. The van der Waals surface area contributed by atoms with E-state index in [1.165, 1.54) is 4.90 Å². The molecule has 226 valence electrons. The Hall–Kier alpha value is -2.79. The van der Waals surface area contributed by atoms with E-state index >= 15 is 0 Å². The molecule has 2 aromatic heterocycles. The molecule has 1 aromatic carbocycles. The number of amides is 1. The molecule has 2 atom stereocenters. The molecule has 0 bridgehead atoms. The summed E-state index contributed by atoms with van der Waals surface area (Å²) in [6.07, 6.45) is 7.07. The molecule has 6 rings (SSSR count). The van der Waals surface area contributed by atoms with E-state index in [-0.39, 0.29) is 17.6 Å². The molecule has 0 radical (unpaired) electrons. The van der Waals surface area contributed by atoms with Crippen LogP contribution in [0.2, 0.25) is 5.02 Å². The van der Waals surface area contributed by atoms with Gasteiger partial charge in [-0.3, -0.25) is 9.58 Å². The fraction of sp³-hybridized carbons (Fsp3) is 0.613. The number of carbonyl (C=O) groups excluding carboxylic acids is 1. The molecule has 2 aliphatic heterocycles. The SMILES string of the molecule is CO[C@@H]1COC[C@]1(C)N1CCC(c2cc3nc(N(C(=O)OC(C)(C)C)c4cnn(C5CC5)c4C)ncc3cc2Cl)CC1. The van der Waals surface area contributed by atoms with Gasteiger partial charge in [0.05, 0.1) is 47.9 Å². The molecular weight excluding hydrogens is 556 g/mol. The van der Waals surface area contributed by atoms with Gasteiger partial charge in [0.15, 0.2) is 0 Å². The minimum atomic E-state index is -0.687. The number of rotatable bonds is 6. The number of hydrogen-bond donors (Lipinski definition) is 0. The maximum Gasteiger partial charge on any atom is 0.422 e. The molecular formula is C31H41ClN6O4. The number of ether oxygens (including phenoxy) is 3. The number of piperidine rings is 1. The summed E-state index contributed by atoms with van der Waals surface area (Å²) in [6, 6.07) is 4.37. The van der Waals surface area contributed by atoms with Crippen LogP contribution in [0.4, 0.5) is 16.4 Å². The highest BCUT2D eigenvalue weighted by molar-refractivity contribution is 6.32. The van der Waals surface area contributed by atoms with Gasteiger partial charge in [-0.15, -0.1) is 0 Å². The second-order valence-electron chi connectivity index (χ2n) is 13.1. The molecule has 11 heteroatoms. The largest absolute Gasteiger partial charge is 0.443 e.